The lowest BCUT2D eigenvalue weighted by molar-refractivity contribution is -0.120. The standard InChI is InChI=1S/C22H33N3O3.C9H16O2.3C2H6/c1-4-6-12-21(27)19-10-9-11-20(18(19)5-2)25-16-22(28)24-14-8-7-13-23-15-17(3)26;1-3-4-9(11)6-5-8(2)7-10;3*1-2/h5,9-11,23,25H,2,4,6-8,12-16H2,1,3H3,(H,24,28);7-8H,3-6H2,1-2H3;3*1-2H3. The van der Waals surface area contributed by atoms with Crippen molar-refractivity contribution < 1.29 is 24.0 Å². The van der Waals surface area contributed by atoms with E-state index in [0.29, 0.717) is 44.3 Å². The van der Waals surface area contributed by atoms with Gasteiger partial charge in [-0.25, -0.2) is 0 Å². The lowest BCUT2D eigenvalue weighted by Crippen LogP contribution is -2.31. The molecule has 0 radical (unpaired) electrons. The molecule has 45 heavy (non-hydrogen) atoms. The first-order valence-corrected chi connectivity index (χ1v) is 17.2. The van der Waals surface area contributed by atoms with Gasteiger partial charge in [-0.2, -0.15) is 0 Å². The van der Waals surface area contributed by atoms with E-state index < -0.39 is 0 Å². The van der Waals surface area contributed by atoms with Crippen LogP contribution in [0.5, 0.6) is 0 Å². The molecule has 0 aliphatic carbocycles. The number of ketones is 3. The number of carbonyl (C=O) groups excluding carboxylic acids is 5. The van der Waals surface area contributed by atoms with Crippen LogP contribution in [-0.2, 0) is 19.2 Å². The Labute approximate surface area is 276 Å². The van der Waals surface area contributed by atoms with Crippen LogP contribution in [0.1, 0.15) is 143 Å². The molecule has 0 aliphatic rings. The highest BCUT2D eigenvalue weighted by Gasteiger charge is 2.13. The highest BCUT2D eigenvalue weighted by molar-refractivity contribution is 6.01. The monoisotopic (exact) mass is 634 g/mol. The van der Waals surface area contributed by atoms with Gasteiger partial charge < -0.3 is 20.7 Å². The summed E-state index contributed by atoms with van der Waals surface area (Å²) in [4.78, 5) is 56.3. The highest BCUT2D eigenvalue weighted by atomic mass is 16.2. The number of carbonyl (C=O) groups is 5. The Morgan fingerprint density at radius 3 is 2.00 bits per heavy atom. The van der Waals surface area contributed by atoms with Crippen molar-refractivity contribution in [3.8, 4) is 0 Å². The Hall–Kier alpha value is -3.13. The molecule has 1 unspecified atom stereocenters. The van der Waals surface area contributed by atoms with E-state index in [0.717, 1.165) is 56.2 Å². The molecule has 8 nitrogen and oxygen atoms in total. The minimum atomic E-state index is -0.102. The van der Waals surface area contributed by atoms with Gasteiger partial charge >= 0.3 is 0 Å². The van der Waals surface area contributed by atoms with Crippen LogP contribution in [0.25, 0.3) is 6.08 Å². The van der Waals surface area contributed by atoms with Crippen LogP contribution in [0.15, 0.2) is 24.8 Å². The maximum atomic E-state index is 12.4. The number of nitrogens with one attached hydrogen (secondary N) is 3. The minimum Gasteiger partial charge on any atom is -0.376 e. The summed E-state index contributed by atoms with van der Waals surface area (Å²) in [5, 5.41) is 9.02. The molecule has 3 N–H and O–H groups in total. The van der Waals surface area contributed by atoms with Crippen molar-refractivity contribution >= 4 is 41.3 Å². The smallest absolute Gasteiger partial charge is 0.239 e. The zero-order valence-electron chi connectivity index (χ0n) is 30.4. The normalized spacial score (nSPS) is 9.91. The van der Waals surface area contributed by atoms with Gasteiger partial charge in [-0.05, 0) is 51.6 Å². The number of benzene rings is 1. The Morgan fingerprint density at radius 1 is 0.844 bits per heavy atom. The zero-order chi connectivity index (χ0) is 35.5. The van der Waals surface area contributed by atoms with Gasteiger partial charge in [0, 0.05) is 48.5 Å². The zero-order valence-corrected chi connectivity index (χ0v) is 30.4. The number of rotatable bonds is 21. The summed E-state index contributed by atoms with van der Waals surface area (Å²) in [5.41, 5.74) is 2.13. The van der Waals surface area contributed by atoms with E-state index in [4.69, 9.17) is 0 Å². The van der Waals surface area contributed by atoms with Crippen LogP contribution < -0.4 is 16.0 Å². The molecule has 1 rings (SSSR count). The lowest BCUT2D eigenvalue weighted by atomic mass is 9.98. The highest BCUT2D eigenvalue weighted by Crippen LogP contribution is 2.23. The van der Waals surface area contributed by atoms with Gasteiger partial charge in [-0.3, -0.25) is 19.2 Å². The first-order chi connectivity index (χ1) is 21.7. The molecule has 0 aliphatic heterocycles. The topological polar surface area (TPSA) is 121 Å². The number of aldehydes is 1. The van der Waals surface area contributed by atoms with Crippen LogP contribution in [0.4, 0.5) is 5.69 Å². The van der Waals surface area contributed by atoms with Crippen molar-refractivity contribution in [2.24, 2.45) is 5.92 Å². The molecular formula is C37H67N3O5. The molecule has 1 atom stereocenters. The van der Waals surface area contributed by atoms with E-state index in [1.165, 1.54) is 0 Å². The second kappa shape index (κ2) is 37.1. The number of hydrogen-bond acceptors (Lipinski definition) is 7. The van der Waals surface area contributed by atoms with Crippen molar-refractivity contribution in [3.05, 3.63) is 35.9 Å². The molecule has 1 aromatic carbocycles. The van der Waals surface area contributed by atoms with Crippen LogP contribution in [0, 0.1) is 5.92 Å². The number of amides is 1. The summed E-state index contributed by atoms with van der Waals surface area (Å²) in [7, 11) is 0. The van der Waals surface area contributed by atoms with Gasteiger partial charge in [0.2, 0.25) is 5.91 Å². The fraction of sp³-hybridized carbons (Fsp3) is 0.649. The maximum Gasteiger partial charge on any atom is 0.239 e. The summed E-state index contributed by atoms with van der Waals surface area (Å²) in [6.07, 6.45) is 9.49. The minimum absolute atomic E-state index is 0.0378. The lowest BCUT2D eigenvalue weighted by Gasteiger charge is -2.13. The van der Waals surface area contributed by atoms with Gasteiger partial charge in [-0.15, -0.1) is 0 Å². The molecule has 1 amide bonds. The Morgan fingerprint density at radius 2 is 1.47 bits per heavy atom. The van der Waals surface area contributed by atoms with Crippen molar-refractivity contribution in [3.63, 3.8) is 0 Å². The Kier molecular flexibility index (Phi) is 40.2. The first kappa shape index (κ1) is 48.8. The second-order valence-corrected chi connectivity index (χ2v) is 9.73. The molecule has 0 heterocycles. The van der Waals surface area contributed by atoms with Gasteiger partial charge in [0.05, 0.1) is 13.1 Å². The Bertz CT molecular complexity index is 915. The predicted molar refractivity (Wildman–Crippen MR) is 193 cm³/mol. The van der Waals surface area contributed by atoms with E-state index in [2.05, 4.69) is 29.5 Å². The average molecular weight is 634 g/mol. The summed E-state index contributed by atoms with van der Waals surface area (Å²) in [6.45, 7) is 25.1. The van der Waals surface area contributed by atoms with Crippen LogP contribution in [-0.4, -0.2) is 55.7 Å². The third-order valence-corrected chi connectivity index (χ3v) is 5.92. The van der Waals surface area contributed by atoms with E-state index >= 15 is 0 Å². The molecule has 0 fully saturated rings. The summed E-state index contributed by atoms with van der Waals surface area (Å²) < 4.78 is 0. The van der Waals surface area contributed by atoms with Crippen molar-refractivity contribution in [2.75, 3.05) is 31.5 Å². The third kappa shape index (κ3) is 29.3. The number of anilines is 1. The fourth-order valence-corrected chi connectivity index (χ4v) is 3.62. The van der Waals surface area contributed by atoms with E-state index in [9.17, 15) is 24.0 Å². The van der Waals surface area contributed by atoms with Gasteiger partial charge in [0.15, 0.2) is 5.78 Å². The molecule has 0 saturated carbocycles. The quantitative estimate of drug-likeness (QED) is 0.0708. The SMILES string of the molecule is C=Cc1c(NCC(=O)NCCCCNCC(C)=O)cccc1C(=O)CCCC.CC.CC.CC.CCCC(=O)CCC(C)C=O. The van der Waals surface area contributed by atoms with Crippen molar-refractivity contribution in [1.29, 1.82) is 0 Å². The third-order valence-electron chi connectivity index (χ3n) is 5.92. The summed E-state index contributed by atoms with van der Waals surface area (Å²) in [6, 6.07) is 5.47. The fourth-order valence-electron chi connectivity index (χ4n) is 3.62. The predicted octanol–water partition coefficient (Wildman–Crippen LogP) is 8.24. The molecular weight excluding hydrogens is 566 g/mol. The largest absolute Gasteiger partial charge is 0.376 e. The van der Waals surface area contributed by atoms with E-state index in [1.807, 2.05) is 67.5 Å². The first-order valence-electron chi connectivity index (χ1n) is 17.2. The molecule has 0 aromatic heterocycles. The number of Topliss-reactive ketones (excluding diaryl/α,β-unsaturated/α-hetero) is 3. The van der Waals surface area contributed by atoms with Crippen LogP contribution in [0.3, 0.4) is 0 Å². The summed E-state index contributed by atoms with van der Waals surface area (Å²) in [5.74, 6) is 0.434. The average Bonchev–Trinajstić information content (AvgIpc) is 3.07. The molecule has 260 valence electrons. The maximum absolute atomic E-state index is 12.4. The molecule has 8 heteroatoms. The van der Waals surface area contributed by atoms with Crippen molar-refractivity contribution in [1.82, 2.24) is 10.6 Å². The van der Waals surface area contributed by atoms with E-state index in [-0.39, 0.29) is 35.7 Å². The van der Waals surface area contributed by atoms with Gasteiger partial charge in [0.1, 0.15) is 17.9 Å². The molecule has 0 saturated heterocycles. The Balaban J connectivity index is -0.000000412. The molecule has 0 spiro atoms. The number of unbranched alkanes of at least 4 members (excludes halogenated alkanes) is 2. The van der Waals surface area contributed by atoms with Crippen LogP contribution in [0.2, 0.25) is 0 Å². The van der Waals surface area contributed by atoms with Crippen LogP contribution >= 0.6 is 0 Å². The van der Waals surface area contributed by atoms with Crippen molar-refractivity contribution in [2.45, 2.75) is 127 Å². The van der Waals surface area contributed by atoms with Gasteiger partial charge in [0.25, 0.3) is 0 Å². The molecule has 0 bridgehead atoms. The molecule has 1 aromatic rings. The van der Waals surface area contributed by atoms with E-state index in [1.54, 1.807) is 19.1 Å². The summed E-state index contributed by atoms with van der Waals surface area (Å²) >= 11 is 0. The van der Waals surface area contributed by atoms with Gasteiger partial charge in [-0.1, -0.05) is 93.5 Å². The number of hydrogen-bond donors (Lipinski definition) is 3. The second-order valence-electron chi connectivity index (χ2n) is 9.73.